The lowest BCUT2D eigenvalue weighted by Crippen LogP contribution is -2.19. The zero-order valence-corrected chi connectivity index (χ0v) is 7.25. The molecule has 74 valence electrons. The van der Waals surface area contributed by atoms with Crippen LogP contribution in [-0.2, 0) is 11.2 Å². The van der Waals surface area contributed by atoms with Gasteiger partial charge in [0.05, 0.1) is 0 Å². The molecular formula is C9H9NO4. The van der Waals surface area contributed by atoms with E-state index in [4.69, 9.17) is 10.2 Å². The van der Waals surface area contributed by atoms with Crippen molar-refractivity contribution >= 4 is 5.97 Å². The third-order valence-corrected chi connectivity index (χ3v) is 1.78. The van der Waals surface area contributed by atoms with Crippen molar-refractivity contribution in [2.24, 2.45) is 5.18 Å². The summed E-state index contributed by atoms with van der Waals surface area (Å²) in [4.78, 5) is 20.6. The first-order valence-corrected chi connectivity index (χ1v) is 3.96. The van der Waals surface area contributed by atoms with Crippen LogP contribution in [0.1, 0.15) is 5.56 Å². The Hall–Kier alpha value is -1.91. The van der Waals surface area contributed by atoms with Gasteiger partial charge in [0.1, 0.15) is 5.75 Å². The Morgan fingerprint density at radius 1 is 1.36 bits per heavy atom. The number of phenolic OH excluding ortho intramolecular Hbond substituents is 1. The fourth-order valence-electron chi connectivity index (χ4n) is 1.02. The maximum Gasteiger partial charge on any atom is 0.332 e. The number of phenols is 1. The molecule has 0 saturated heterocycles. The molecule has 1 aromatic carbocycles. The van der Waals surface area contributed by atoms with E-state index in [9.17, 15) is 9.70 Å². The average Bonchev–Trinajstić information content (AvgIpc) is 2.16. The number of carbonyl (C=O) groups is 1. The third-order valence-electron chi connectivity index (χ3n) is 1.78. The fourth-order valence-corrected chi connectivity index (χ4v) is 1.02. The quantitative estimate of drug-likeness (QED) is 0.705. The fraction of sp³-hybridized carbons (Fsp3) is 0.222. The van der Waals surface area contributed by atoms with Crippen molar-refractivity contribution in [3.8, 4) is 5.75 Å². The van der Waals surface area contributed by atoms with Crippen LogP contribution in [0.4, 0.5) is 0 Å². The number of aromatic hydroxyl groups is 1. The maximum atomic E-state index is 10.5. The summed E-state index contributed by atoms with van der Waals surface area (Å²) in [5.74, 6) is -1.15. The van der Waals surface area contributed by atoms with Crippen LogP contribution < -0.4 is 0 Å². The Kier molecular flexibility index (Phi) is 3.17. The van der Waals surface area contributed by atoms with Crippen molar-refractivity contribution < 1.29 is 15.0 Å². The molecule has 1 rings (SSSR count). The summed E-state index contributed by atoms with van der Waals surface area (Å²) in [7, 11) is 0. The van der Waals surface area contributed by atoms with Gasteiger partial charge in [0.15, 0.2) is 6.04 Å². The van der Waals surface area contributed by atoms with E-state index < -0.39 is 12.0 Å². The molecule has 0 aliphatic rings. The second-order valence-electron chi connectivity index (χ2n) is 2.83. The smallest absolute Gasteiger partial charge is 0.332 e. The van der Waals surface area contributed by atoms with Crippen molar-refractivity contribution in [2.45, 2.75) is 12.5 Å². The molecule has 1 aromatic rings. The molecule has 0 bridgehead atoms. The Morgan fingerprint density at radius 2 is 1.93 bits per heavy atom. The summed E-state index contributed by atoms with van der Waals surface area (Å²) in [6.07, 6.45) is 0.0408. The first-order chi connectivity index (χ1) is 6.63. The number of nitrogens with zero attached hydrogens (tertiary/aromatic N) is 1. The Balaban J connectivity index is 2.72. The van der Waals surface area contributed by atoms with E-state index in [2.05, 4.69) is 5.18 Å². The van der Waals surface area contributed by atoms with E-state index in [1.165, 1.54) is 12.1 Å². The van der Waals surface area contributed by atoms with Crippen LogP contribution in [0, 0.1) is 4.91 Å². The number of carboxylic acids is 1. The van der Waals surface area contributed by atoms with Gasteiger partial charge in [0.25, 0.3) is 0 Å². The van der Waals surface area contributed by atoms with E-state index in [0.29, 0.717) is 5.56 Å². The van der Waals surface area contributed by atoms with Crippen molar-refractivity contribution in [2.75, 3.05) is 0 Å². The zero-order valence-electron chi connectivity index (χ0n) is 7.25. The summed E-state index contributed by atoms with van der Waals surface area (Å²) in [5.41, 5.74) is 0.648. The standard InChI is InChI=1S/C9H9NO4/c11-7-3-1-6(2-4-7)5-8(10-14)9(12)13/h1-4,8,11H,5H2,(H,12,13)/t8-/m0/s1. The van der Waals surface area contributed by atoms with Crippen LogP contribution in [0.2, 0.25) is 0 Å². The first-order valence-electron chi connectivity index (χ1n) is 3.96. The molecule has 0 radical (unpaired) electrons. The second kappa shape index (κ2) is 4.36. The van der Waals surface area contributed by atoms with Gasteiger partial charge >= 0.3 is 5.97 Å². The number of hydrogen-bond donors (Lipinski definition) is 2. The van der Waals surface area contributed by atoms with Crippen LogP contribution in [0.15, 0.2) is 29.4 Å². The lowest BCUT2D eigenvalue weighted by atomic mass is 10.1. The summed E-state index contributed by atoms with van der Waals surface area (Å²) in [6.45, 7) is 0. The second-order valence-corrected chi connectivity index (χ2v) is 2.83. The van der Waals surface area contributed by atoms with E-state index in [1.807, 2.05) is 0 Å². The molecule has 0 fully saturated rings. The van der Waals surface area contributed by atoms with Gasteiger partial charge in [0, 0.05) is 6.42 Å². The van der Waals surface area contributed by atoms with Crippen LogP contribution in [0.5, 0.6) is 5.75 Å². The average molecular weight is 195 g/mol. The van der Waals surface area contributed by atoms with Gasteiger partial charge in [-0.3, -0.25) is 0 Å². The van der Waals surface area contributed by atoms with Crippen LogP contribution in [-0.4, -0.2) is 22.2 Å². The van der Waals surface area contributed by atoms with Crippen molar-refractivity contribution in [1.82, 2.24) is 0 Å². The molecule has 5 heteroatoms. The van der Waals surface area contributed by atoms with E-state index in [0.717, 1.165) is 0 Å². The zero-order chi connectivity index (χ0) is 10.6. The van der Waals surface area contributed by atoms with Crippen LogP contribution >= 0.6 is 0 Å². The molecule has 0 spiro atoms. The molecule has 0 saturated carbocycles. The maximum absolute atomic E-state index is 10.5. The largest absolute Gasteiger partial charge is 0.508 e. The molecule has 0 unspecified atom stereocenters. The highest BCUT2D eigenvalue weighted by atomic mass is 16.4. The number of nitroso groups, excluding NO2 is 1. The molecule has 0 amide bonds. The molecular weight excluding hydrogens is 186 g/mol. The molecule has 1 atom stereocenters. The van der Waals surface area contributed by atoms with E-state index >= 15 is 0 Å². The highest BCUT2D eigenvalue weighted by Gasteiger charge is 2.17. The van der Waals surface area contributed by atoms with Crippen molar-refractivity contribution in [3.63, 3.8) is 0 Å². The first kappa shape index (κ1) is 10.2. The number of benzene rings is 1. The topological polar surface area (TPSA) is 87.0 Å². The SMILES string of the molecule is O=N[C@@H](Cc1ccc(O)cc1)C(=O)O. The lowest BCUT2D eigenvalue weighted by molar-refractivity contribution is -0.138. The van der Waals surface area contributed by atoms with Gasteiger partial charge in [0.2, 0.25) is 0 Å². The Morgan fingerprint density at radius 3 is 2.36 bits per heavy atom. The molecule has 0 aliphatic heterocycles. The minimum absolute atomic E-state index is 0.0408. The van der Waals surface area contributed by atoms with Crippen molar-refractivity contribution in [3.05, 3.63) is 34.7 Å². The molecule has 0 aliphatic carbocycles. The van der Waals surface area contributed by atoms with Gasteiger partial charge < -0.3 is 10.2 Å². The molecule has 0 heterocycles. The molecule has 5 nitrogen and oxygen atoms in total. The van der Waals surface area contributed by atoms with Gasteiger partial charge in [-0.05, 0) is 17.7 Å². The van der Waals surface area contributed by atoms with Gasteiger partial charge in [-0.15, -0.1) is 4.91 Å². The molecule has 0 aromatic heterocycles. The highest BCUT2D eigenvalue weighted by molar-refractivity contribution is 5.74. The summed E-state index contributed by atoms with van der Waals surface area (Å²) in [6, 6.07) is 4.70. The van der Waals surface area contributed by atoms with Crippen LogP contribution in [0.3, 0.4) is 0 Å². The minimum atomic E-state index is -1.26. The minimum Gasteiger partial charge on any atom is -0.508 e. The van der Waals surface area contributed by atoms with Gasteiger partial charge in [-0.1, -0.05) is 17.3 Å². The summed E-state index contributed by atoms with van der Waals surface area (Å²) in [5, 5.41) is 20.0. The number of aliphatic carboxylic acids is 1. The Labute approximate surface area is 80.0 Å². The monoisotopic (exact) mass is 195 g/mol. The van der Waals surface area contributed by atoms with E-state index in [1.54, 1.807) is 12.1 Å². The highest BCUT2D eigenvalue weighted by Crippen LogP contribution is 2.12. The Bertz CT molecular complexity index is 333. The number of carboxylic acid groups (broad SMARTS) is 1. The predicted molar refractivity (Wildman–Crippen MR) is 49.0 cm³/mol. The predicted octanol–water partition coefficient (Wildman–Crippen LogP) is 1.15. The van der Waals surface area contributed by atoms with Gasteiger partial charge in [-0.2, -0.15) is 0 Å². The van der Waals surface area contributed by atoms with E-state index in [-0.39, 0.29) is 12.2 Å². The molecule has 14 heavy (non-hydrogen) atoms. The third kappa shape index (κ3) is 2.55. The van der Waals surface area contributed by atoms with Gasteiger partial charge in [-0.25, -0.2) is 4.79 Å². The summed E-state index contributed by atoms with van der Waals surface area (Å²) < 4.78 is 0. The lowest BCUT2D eigenvalue weighted by Gasteiger charge is -2.03. The molecule has 2 N–H and O–H groups in total. The normalized spacial score (nSPS) is 12.0. The number of hydrogen-bond acceptors (Lipinski definition) is 4. The summed E-state index contributed by atoms with van der Waals surface area (Å²) >= 11 is 0. The number of rotatable bonds is 4. The van der Waals surface area contributed by atoms with Crippen molar-refractivity contribution in [1.29, 1.82) is 0 Å². The van der Waals surface area contributed by atoms with Crippen LogP contribution in [0.25, 0.3) is 0 Å².